The third-order valence-corrected chi connectivity index (χ3v) is 7.36. The highest BCUT2D eigenvalue weighted by Crippen LogP contribution is 2.37. The van der Waals surface area contributed by atoms with Crippen LogP contribution in [-0.2, 0) is 0 Å². The number of ether oxygens (including phenoxy) is 1. The molecule has 11 heteroatoms. The van der Waals surface area contributed by atoms with E-state index in [9.17, 15) is 4.39 Å². The van der Waals surface area contributed by atoms with Crippen molar-refractivity contribution in [2.75, 3.05) is 32.1 Å². The van der Waals surface area contributed by atoms with Gasteiger partial charge in [0.2, 0.25) is 0 Å². The number of halogens is 4. The summed E-state index contributed by atoms with van der Waals surface area (Å²) in [4.78, 5) is 12.3. The molecule has 4 aromatic rings. The largest absolute Gasteiger partial charge is 0.483 e. The highest BCUT2D eigenvalue weighted by atomic mass is 35.5. The number of aromatic nitrogens is 4. The summed E-state index contributed by atoms with van der Waals surface area (Å²) in [5.41, 5.74) is 1.81. The second kappa shape index (κ2) is 9.14. The SMILES string of the molecule is C[C@@H](Oc1cc2c(-c3cnc(N4CC(C)(N(C)C)C4)c(F)c3)n[nH]c2cc1F)c1c(Cl)cncc1Cl. The van der Waals surface area contributed by atoms with Crippen LogP contribution in [0.25, 0.3) is 22.2 Å². The summed E-state index contributed by atoms with van der Waals surface area (Å²) >= 11 is 12.4. The fourth-order valence-corrected chi connectivity index (χ4v) is 5.06. The number of H-pyrrole nitrogens is 1. The van der Waals surface area contributed by atoms with Crippen LogP contribution >= 0.6 is 23.2 Å². The number of benzene rings is 1. The molecule has 0 bridgehead atoms. The first-order chi connectivity index (χ1) is 17.1. The van der Waals surface area contributed by atoms with Crippen LogP contribution in [0.4, 0.5) is 14.6 Å². The molecular weight excluding hydrogens is 509 g/mol. The predicted molar refractivity (Wildman–Crippen MR) is 137 cm³/mol. The minimum atomic E-state index is -0.655. The van der Waals surface area contributed by atoms with Gasteiger partial charge in [-0.05, 0) is 40.1 Å². The van der Waals surface area contributed by atoms with Crippen LogP contribution in [-0.4, -0.2) is 57.8 Å². The summed E-state index contributed by atoms with van der Waals surface area (Å²) in [6.45, 7) is 5.19. The second-order valence-corrected chi connectivity index (χ2v) is 10.3. The minimum absolute atomic E-state index is 0.0183. The van der Waals surface area contributed by atoms with Crippen LogP contribution in [0.15, 0.2) is 36.8 Å². The molecule has 1 aliphatic rings. The molecule has 0 amide bonds. The van der Waals surface area contributed by atoms with E-state index < -0.39 is 17.7 Å². The van der Waals surface area contributed by atoms with Crippen LogP contribution in [0.2, 0.25) is 10.0 Å². The Hall–Kier alpha value is -3.01. The lowest BCUT2D eigenvalue weighted by molar-refractivity contribution is 0.132. The normalized spacial score (nSPS) is 15.9. The van der Waals surface area contributed by atoms with E-state index in [0.717, 1.165) is 0 Å². The van der Waals surface area contributed by atoms with E-state index in [1.165, 1.54) is 30.6 Å². The van der Waals surface area contributed by atoms with E-state index in [0.29, 0.717) is 56.7 Å². The molecule has 1 fully saturated rings. The molecular formula is C25H24Cl2F2N6O. The van der Waals surface area contributed by atoms with Crippen LogP contribution in [0, 0.1) is 11.6 Å². The number of nitrogens with one attached hydrogen (secondary N) is 1. The number of fused-ring (bicyclic) bond motifs is 1. The maximum absolute atomic E-state index is 15.1. The number of nitrogens with zero attached hydrogens (tertiary/aromatic N) is 5. The van der Waals surface area contributed by atoms with Crippen molar-refractivity contribution in [3.05, 3.63) is 64.0 Å². The van der Waals surface area contributed by atoms with Gasteiger partial charge in [-0.25, -0.2) is 13.8 Å². The van der Waals surface area contributed by atoms with E-state index in [-0.39, 0.29) is 11.3 Å². The van der Waals surface area contributed by atoms with Crippen LogP contribution < -0.4 is 9.64 Å². The highest BCUT2D eigenvalue weighted by molar-refractivity contribution is 6.35. The molecule has 7 nitrogen and oxygen atoms in total. The molecule has 4 heterocycles. The molecule has 5 rings (SSSR count). The molecule has 1 saturated heterocycles. The average molecular weight is 533 g/mol. The van der Waals surface area contributed by atoms with Gasteiger partial charge in [-0.3, -0.25) is 10.1 Å². The molecule has 188 valence electrons. The third-order valence-electron chi connectivity index (χ3n) is 6.75. The van der Waals surface area contributed by atoms with Crippen molar-refractivity contribution in [1.29, 1.82) is 0 Å². The summed E-state index contributed by atoms with van der Waals surface area (Å²) in [7, 11) is 4.02. The monoisotopic (exact) mass is 532 g/mol. The Labute approximate surface area is 217 Å². The number of anilines is 1. The van der Waals surface area contributed by atoms with Gasteiger partial charge in [-0.1, -0.05) is 23.2 Å². The average Bonchev–Trinajstić information content (AvgIpc) is 3.19. The van der Waals surface area contributed by atoms with Gasteiger partial charge in [0.05, 0.1) is 21.1 Å². The number of hydrogen-bond donors (Lipinski definition) is 1. The molecule has 0 unspecified atom stereocenters. The van der Waals surface area contributed by atoms with E-state index in [2.05, 4.69) is 32.0 Å². The Bertz CT molecular complexity index is 1430. The smallest absolute Gasteiger partial charge is 0.167 e. The zero-order valence-electron chi connectivity index (χ0n) is 20.1. The van der Waals surface area contributed by atoms with Crippen molar-refractivity contribution < 1.29 is 13.5 Å². The standard InChI is InChI=1S/C25H24Cl2F2N6O/c1-13(22-16(26)9-30-10-17(22)27)36-21-6-15-20(7-18(21)28)32-33-23(15)14-5-19(29)24(31-8-14)35-11-25(2,12-35)34(3)4/h5-10,13H,11-12H2,1-4H3,(H,32,33)/t13-/m1/s1. The summed E-state index contributed by atoms with van der Waals surface area (Å²) in [5.74, 6) is -0.756. The lowest BCUT2D eigenvalue weighted by Gasteiger charge is -2.52. The van der Waals surface area contributed by atoms with Crippen LogP contribution in [0.1, 0.15) is 25.5 Å². The van der Waals surface area contributed by atoms with Crippen LogP contribution in [0.3, 0.4) is 0 Å². The molecule has 1 N–H and O–H groups in total. The first kappa shape index (κ1) is 24.7. The first-order valence-corrected chi connectivity index (χ1v) is 12.0. The molecule has 1 atom stereocenters. The van der Waals surface area contributed by atoms with Crippen LogP contribution in [0.5, 0.6) is 5.75 Å². The third kappa shape index (κ3) is 4.25. The first-order valence-electron chi connectivity index (χ1n) is 11.3. The van der Waals surface area contributed by atoms with Gasteiger partial charge in [0.25, 0.3) is 0 Å². The number of likely N-dealkylation sites (N-methyl/N-ethyl adjacent to an activating group) is 1. The number of rotatable bonds is 6. The van der Waals surface area contributed by atoms with Gasteiger partial charge < -0.3 is 14.5 Å². The summed E-state index contributed by atoms with van der Waals surface area (Å²) < 4.78 is 35.8. The predicted octanol–water partition coefficient (Wildman–Crippen LogP) is 5.89. The van der Waals surface area contributed by atoms with Crippen molar-refractivity contribution in [2.45, 2.75) is 25.5 Å². The van der Waals surface area contributed by atoms with E-state index in [4.69, 9.17) is 27.9 Å². The molecule has 0 radical (unpaired) electrons. The number of hydrogen-bond acceptors (Lipinski definition) is 6. The fraction of sp³-hybridized carbons (Fsp3) is 0.320. The molecule has 0 spiro atoms. The number of aromatic amines is 1. The lowest BCUT2D eigenvalue weighted by Crippen LogP contribution is -2.67. The quantitative estimate of drug-likeness (QED) is 0.334. The van der Waals surface area contributed by atoms with Crippen molar-refractivity contribution in [3.63, 3.8) is 0 Å². The lowest BCUT2D eigenvalue weighted by atomic mass is 9.91. The molecule has 1 aromatic carbocycles. The van der Waals surface area contributed by atoms with Crippen molar-refractivity contribution >= 4 is 39.9 Å². The maximum Gasteiger partial charge on any atom is 0.167 e. The van der Waals surface area contributed by atoms with E-state index >= 15 is 4.39 Å². The molecule has 36 heavy (non-hydrogen) atoms. The maximum atomic E-state index is 15.1. The van der Waals surface area contributed by atoms with Crippen molar-refractivity contribution in [2.24, 2.45) is 0 Å². The second-order valence-electron chi connectivity index (χ2n) is 9.45. The Morgan fingerprint density at radius 2 is 1.78 bits per heavy atom. The van der Waals surface area contributed by atoms with Crippen molar-refractivity contribution in [3.8, 4) is 17.0 Å². The van der Waals surface area contributed by atoms with Gasteiger partial charge in [0.1, 0.15) is 11.8 Å². The van der Waals surface area contributed by atoms with Gasteiger partial charge in [-0.15, -0.1) is 0 Å². The summed E-state index contributed by atoms with van der Waals surface area (Å²) in [5, 5.41) is 8.27. The Morgan fingerprint density at radius 3 is 2.42 bits per heavy atom. The molecule has 3 aromatic heterocycles. The fourth-order valence-electron chi connectivity index (χ4n) is 4.39. The van der Waals surface area contributed by atoms with Gasteiger partial charge in [0, 0.05) is 54.3 Å². The topological polar surface area (TPSA) is 70.2 Å². The zero-order chi connectivity index (χ0) is 25.8. The molecule has 0 aliphatic carbocycles. The number of pyridine rings is 2. The Kier molecular flexibility index (Phi) is 6.26. The van der Waals surface area contributed by atoms with Gasteiger partial charge >= 0.3 is 0 Å². The van der Waals surface area contributed by atoms with E-state index in [1.54, 1.807) is 13.1 Å². The zero-order valence-corrected chi connectivity index (χ0v) is 21.6. The highest BCUT2D eigenvalue weighted by Gasteiger charge is 2.42. The molecule has 0 saturated carbocycles. The summed E-state index contributed by atoms with van der Waals surface area (Å²) in [6.07, 6.45) is 3.81. The Morgan fingerprint density at radius 1 is 1.08 bits per heavy atom. The summed E-state index contributed by atoms with van der Waals surface area (Å²) in [6, 6.07) is 4.20. The van der Waals surface area contributed by atoms with Gasteiger partial charge in [0.15, 0.2) is 23.2 Å². The van der Waals surface area contributed by atoms with Crippen molar-refractivity contribution in [1.82, 2.24) is 25.1 Å². The molecule has 1 aliphatic heterocycles. The minimum Gasteiger partial charge on any atom is -0.483 e. The Balaban J connectivity index is 1.44. The van der Waals surface area contributed by atoms with Gasteiger partial charge in [-0.2, -0.15) is 5.10 Å². The van der Waals surface area contributed by atoms with E-state index in [1.807, 2.05) is 19.0 Å².